The van der Waals surface area contributed by atoms with Crippen LogP contribution in [-0.2, 0) is 6.42 Å². The van der Waals surface area contributed by atoms with Gasteiger partial charge in [-0.1, -0.05) is 87.9 Å². The monoisotopic (exact) mass is 386 g/mol. The molecule has 0 spiro atoms. The van der Waals surface area contributed by atoms with Crippen LogP contribution in [0, 0.1) is 11.3 Å². The second-order valence-electron chi connectivity index (χ2n) is 6.12. The van der Waals surface area contributed by atoms with Crippen LogP contribution in [0.3, 0.4) is 0 Å². The van der Waals surface area contributed by atoms with E-state index in [1.165, 1.54) is 50.5 Å². The predicted molar refractivity (Wildman–Crippen MR) is 91.4 cm³/mol. The largest absolute Gasteiger partial charge is 0.0922 e. The Kier molecular flexibility index (Phi) is 6.41. The van der Waals surface area contributed by atoms with Crippen molar-refractivity contribution < 1.29 is 0 Å². The molecule has 0 aliphatic heterocycles. The third kappa shape index (κ3) is 4.60. The topological polar surface area (TPSA) is 0 Å². The number of benzene rings is 1. The molecule has 0 nitrogen and oxygen atoms in total. The van der Waals surface area contributed by atoms with Gasteiger partial charge in [0.1, 0.15) is 0 Å². The fraction of sp³-hybridized carbons (Fsp3) is 0.647. The average Bonchev–Trinajstić information content (AvgIpc) is 2.98. The van der Waals surface area contributed by atoms with Crippen molar-refractivity contribution in [2.45, 2.75) is 44.9 Å². The van der Waals surface area contributed by atoms with E-state index in [0.717, 1.165) is 16.6 Å². The molecular weight excluding hydrogens is 364 g/mol. The highest BCUT2D eigenvalue weighted by Gasteiger charge is 2.29. The summed E-state index contributed by atoms with van der Waals surface area (Å²) in [6, 6.07) is 10.9. The summed E-state index contributed by atoms with van der Waals surface area (Å²) in [5.74, 6) is 0.994. The van der Waals surface area contributed by atoms with E-state index in [9.17, 15) is 0 Å². The van der Waals surface area contributed by atoms with E-state index >= 15 is 0 Å². The summed E-state index contributed by atoms with van der Waals surface area (Å²) in [6.45, 7) is 0. The van der Waals surface area contributed by atoms with Crippen molar-refractivity contribution in [2.24, 2.45) is 11.3 Å². The van der Waals surface area contributed by atoms with E-state index in [-0.39, 0.29) is 0 Å². The van der Waals surface area contributed by atoms with E-state index in [4.69, 9.17) is 0 Å². The Bertz CT molecular complexity index is 351. The van der Waals surface area contributed by atoms with Gasteiger partial charge in [-0.15, -0.1) is 0 Å². The lowest BCUT2D eigenvalue weighted by Crippen LogP contribution is -2.28. The van der Waals surface area contributed by atoms with Crippen molar-refractivity contribution in [1.82, 2.24) is 0 Å². The normalized spacial score (nSPS) is 16.9. The van der Waals surface area contributed by atoms with Gasteiger partial charge in [-0.3, -0.25) is 0 Å². The highest BCUT2D eigenvalue weighted by atomic mass is 79.9. The van der Waals surface area contributed by atoms with E-state index in [1.807, 2.05) is 0 Å². The van der Waals surface area contributed by atoms with Gasteiger partial charge in [-0.2, -0.15) is 0 Å². The molecule has 1 aliphatic carbocycles. The van der Waals surface area contributed by atoms with Crippen molar-refractivity contribution in [3.63, 3.8) is 0 Å². The third-order valence-electron chi connectivity index (χ3n) is 4.55. The zero-order valence-electron chi connectivity index (χ0n) is 11.6. The molecule has 0 bridgehead atoms. The van der Waals surface area contributed by atoms with Crippen LogP contribution in [0.1, 0.15) is 44.1 Å². The van der Waals surface area contributed by atoms with Crippen LogP contribution in [0.4, 0.5) is 0 Å². The maximum absolute atomic E-state index is 3.77. The van der Waals surface area contributed by atoms with Crippen LogP contribution >= 0.6 is 31.9 Å². The summed E-state index contributed by atoms with van der Waals surface area (Å²) < 4.78 is 0. The quantitative estimate of drug-likeness (QED) is 0.505. The van der Waals surface area contributed by atoms with Crippen molar-refractivity contribution in [2.75, 3.05) is 10.7 Å². The molecule has 1 saturated carbocycles. The highest BCUT2D eigenvalue weighted by molar-refractivity contribution is 9.09. The minimum atomic E-state index is 0.379. The summed E-state index contributed by atoms with van der Waals surface area (Å²) in [4.78, 5) is 0. The Morgan fingerprint density at radius 1 is 1.00 bits per heavy atom. The zero-order chi connectivity index (χ0) is 13.6. The number of hydrogen-bond donors (Lipinski definition) is 0. The molecule has 0 atom stereocenters. The first-order valence-corrected chi connectivity index (χ1v) is 9.68. The van der Waals surface area contributed by atoms with Gasteiger partial charge in [0.25, 0.3) is 0 Å². The van der Waals surface area contributed by atoms with Crippen LogP contribution in [0.5, 0.6) is 0 Å². The van der Waals surface area contributed by atoms with Gasteiger partial charge in [-0.05, 0) is 36.2 Å². The lowest BCUT2D eigenvalue weighted by Gasteiger charge is -2.31. The van der Waals surface area contributed by atoms with Gasteiger partial charge in [0.15, 0.2) is 0 Å². The van der Waals surface area contributed by atoms with Crippen molar-refractivity contribution in [3.05, 3.63) is 35.9 Å². The molecule has 1 aromatic carbocycles. The van der Waals surface area contributed by atoms with Crippen LogP contribution in [0.15, 0.2) is 30.3 Å². The molecule has 2 heteroatoms. The number of hydrogen-bond acceptors (Lipinski definition) is 0. The fourth-order valence-corrected chi connectivity index (χ4v) is 5.08. The summed E-state index contributed by atoms with van der Waals surface area (Å²) in [7, 11) is 0. The number of halogens is 2. The molecule has 0 amide bonds. The maximum Gasteiger partial charge on any atom is 0.00991 e. The molecule has 0 unspecified atom stereocenters. The Morgan fingerprint density at radius 2 is 1.63 bits per heavy atom. The smallest absolute Gasteiger partial charge is 0.00991 e. The Labute approximate surface area is 134 Å². The maximum atomic E-state index is 3.77. The van der Waals surface area contributed by atoms with Crippen LogP contribution < -0.4 is 0 Å². The molecule has 1 aromatic rings. The van der Waals surface area contributed by atoms with Gasteiger partial charge in [0.05, 0.1) is 0 Å². The SMILES string of the molecule is BrCC(CBr)(CCC1CCCC1)Cc1ccccc1. The standard InChI is InChI=1S/C17H24Br2/c18-13-17(14-19,11-10-15-6-4-5-7-15)12-16-8-2-1-3-9-16/h1-3,8-9,15H,4-7,10-14H2. The van der Waals surface area contributed by atoms with Crippen LogP contribution in [0.2, 0.25) is 0 Å². The molecule has 0 radical (unpaired) electrons. The van der Waals surface area contributed by atoms with E-state index in [2.05, 4.69) is 62.2 Å². The van der Waals surface area contributed by atoms with Gasteiger partial charge in [0, 0.05) is 10.7 Å². The molecule has 2 rings (SSSR count). The van der Waals surface area contributed by atoms with Gasteiger partial charge in [0.2, 0.25) is 0 Å². The Morgan fingerprint density at radius 3 is 2.21 bits per heavy atom. The van der Waals surface area contributed by atoms with Gasteiger partial charge in [-0.25, -0.2) is 0 Å². The fourth-order valence-electron chi connectivity index (χ4n) is 3.19. The second-order valence-corrected chi connectivity index (χ2v) is 7.24. The first kappa shape index (κ1) is 15.6. The Hall–Kier alpha value is 0.180. The van der Waals surface area contributed by atoms with Crippen molar-refractivity contribution in [3.8, 4) is 0 Å². The molecule has 0 heterocycles. The van der Waals surface area contributed by atoms with Crippen LogP contribution in [-0.4, -0.2) is 10.7 Å². The van der Waals surface area contributed by atoms with E-state index < -0.39 is 0 Å². The summed E-state index contributed by atoms with van der Waals surface area (Å²) in [6.07, 6.45) is 9.76. The highest BCUT2D eigenvalue weighted by Crippen LogP contribution is 2.37. The molecule has 106 valence electrons. The minimum Gasteiger partial charge on any atom is -0.0922 e. The number of alkyl halides is 2. The van der Waals surface area contributed by atoms with E-state index in [1.54, 1.807) is 0 Å². The summed E-state index contributed by atoms with van der Waals surface area (Å²) >= 11 is 7.54. The average molecular weight is 388 g/mol. The molecule has 19 heavy (non-hydrogen) atoms. The van der Waals surface area contributed by atoms with Crippen LogP contribution in [0.25, 0.3) is 0 Å². The zero-order valence-corrected chi connectivity index (χ0v) is 14.8. The molecular formula is C17H24Br2. The van der Waals surface area contributed by atoms with Crippen molar-refractivity contribution >= 4 is 31.9 Å². The summed E-state index contributed by atoms with van der Waals surface area (Å²) in [5, 5.41) is 2.18. The predicted octanol–water partition coefficient (Wildman–Crippen LogP) is 5.98. The first-order chi connectivity index (χ1) is 9.28. The molecule has 1 fully saturated rings. The van der Waals surface area contributed by atoms with Gasteiger partial charge >= 0.3 is 0 Å². The number of rotatable bonds is 7. The lowest BCUT2D eigenvalue weighted by atomic mass is 9.79. The third-order valence-corrected chi connectivity index (χ3v) is 6.93. The first-order valence-electron chi connectivity index (χ1n) is 7.44. The molecule has 0 aromatic heterocycles. The molecule has 0 N–H and O–H groups in total. The minimum absolute atomic E-state index is 0.379. The Balaban J connectivity index is 1.95. The van der Waals surface area contributed by atoms with Gasteiger partial charge < -0.3 is 0 Å². The second kappa shape index (κ2) is 7.83. The van der Waals surface area contributed by atoms with E-state index in [0.29, 0.717) is 5.41 Å². The lowest BCUT2D eigenvalue weighted by molar-refractivity contribution is 0.309. The molecule has 0 saturated heterocycles. The van der Waals surface area contributed by atoms with Crippen molar-refractivity contribution in [1.29, 1.82) is 0 Å². The summed E-state index contributed by atoms with van der Waals surface area (Å²) in [5.41, 5.74) is 1.84. The molecule has 1 aliphatic rings.